The number of nitrogens with zero attached hydrogens (tertiary/aromatic N) is 4. The van der Waals surface area contributed by atoms with Gasteiger partial charge in [0.25, 0.3) is 0 Å². The molecule has 16 heavy (non-hydrogen) atoms. The van der Waals surface area contributed by atoms with Crippen LogP contribution in [0.3, 0.4) is 0 Å². The molecule has 0 saturated carbocycles. The zero-order chi connectivity index (χ0) is 11.8. The van der Waals surface area contributed by atoms with Crippen molar-refractivity contribution in [2.45, 2.75) is 33.2 Å². The van der Waals surface area contributed by atoms with Gasteiger partial charge in [0, 0.05) is 25.2 Å². The van der Waals surface area contributed by atoms with Crippen molar-refractivity contribution < 1.29 is 0 Å². The maximum absolute atomic E-state index is 4.49. The van der Waals surface area contributed by atoms with Gasteiger partial charge < -0.3 is 10.2 Å². The van der Waals surface area contributed by atoms with E-state index in [0.717, 1.165) is 37.0 Å². The van der Waals surface area contributed by atoms with E-state index in [4.69, 9.17) is 0 Å². The molecule has 0 atom stereocenters. The van der Waals surface area contributed by atoms with Crippen LogP contribution in [0, 0.1) is 13.8 Å². The van der Waals surface area contributed by atoms with Crippen molar-refractivity contribution in [3.05, 3.63) is 11.4 Å². The first-order chi connectivity index (χ1) is 7.48. The van der Waals surface area contributed by atoms with Crippen LogP contribution in [0.1, 0.15) is 25.2 Å². The van der Waals surface area contributed by atoms with E-state index in [2.05, 4.69) is 39.2 Å². The van der Waals surface area contributed by atoms with Crippen LogP contribution in [0.2, 0.25) is 0 Å². The fraction of sp³-hybridized carbons (Fsp3) is 0.727. The number of aromatic nitrogens is 3. The van der Waals surface area contributed by atoms with Gasteiger partial charge in [-0.15, -0.1) is 5.10 Å². The van der Waals surface area contributed by atoms with Crippen LogP contribution in [-0.4, -0.2) is 40.4 Å². The molecule has 0 amide bonds. The minimum absolute atomic E-state index is 0.112. The molecule has 0 unspecified atom stereocenters. The quantitative estimate of drug-likeness (QED) is 0.755. The molecule has 88 valence electrons. The van der Waals surface area contributed by atoms with Gasteiger partial charge in [-0.25, -0.2) is 4.98 Å². The lowest BCUT2D eigenvalue weighted by atomic mass is 10.0. The number of hydrogen-bond acceptors (Lipinski definition) is 5. The molecule has 0 bridgehead atoms. The topological polar surface area (TPSA) is 53.9 Å². The van der Waals surface area contributed by atoms with Crippen LogP contribution >= 0.6 is 0 Å². The molecule has 2 heterocycles. The lowest BCUT2D eigenvalue weighted by Gasteiger charge is -2.38. The molecule has 0 aromatic carbocycles. The van der Waals surface area contributed by atoms with Gasteiger partial charge >= 0.3 is 0 Å². The third-order valence-electron chi connectivity index (χ3n) is 2.94. The van der Waals surface area contributed by atoms with E-state index < -0.39 is 0 Å². The number of aryl methyl sites for hydroxylation is 2. The number of nitrogens with one attached hydrogen (secondary N) is 1. The molecule has 0 radical (unpaired) electrons. The van der Waals surface area contributed by atoms with Crippen LogP contribution in [0.15, 0.2) is 0 Å². The highest BCUT2D eigenvalue weighted by Gasteiger charge is 2.27. The Kier molecular flexibility index (Phi) is 2.80. The van der Waals surface area contributed by atoms with Crippen molar-refractivity contribution in [1.29, 1.82) is 0 Å². The molecule has 1 aliphatic heterocycles. The average Bonchev–Trinajstić information content (AvgIpc) is 2.20. The van der Waals surface area contributed by atoms with Crippen molar-refractivity contribution in [2.75, 3.05) is 24.5 Å². The summed E-state index contributed by atoms with van der Waals surface area (Å²) in [7, 11) is 0. The van der Waals surface area contributed by atoms with E-state index in [1.807, 2.05) is 13.8 Å². The maximum Gasteiger partial charge on any atom is 0.245 e. The highest BCUT2D eigenvalue weighted by Crippen LogP contribution is 2.15. The van der Waals surface area contributed by atoms with Crippen LogP contribution in [0.4, 0.5) is 5.95 Å². The lowest BCUT2D eigenvalue weighted by Crippen LogP contribution is -2.57. The van der Waals surface area contributed by atoms with Crippen LogP contribution in [0.25, 0.3) is 0 Å². The largest absolute Gasteiger partial charge is 0.336 e. The molecule has 0 spiro atoms. The average molecular weight is 221 g/mol. The zero-order valence-corrected chi connectivity index (χ0v) is 10.4. The van der Waals surface area contributed by atoms with Crippen molar-refractivity contribution in [3.8, 4) is 0 Å². The monoisotopic (exact) mass is 221 g/mol. The summed E-state index contributed by atoms with van der Waals surface area (Å²) in [5, 5.41) is 11.8. The third-order valence-corrected chi connectivity index (χ3v) is 2.94. The Balaban J connectivity index is 2.20. The van der Waals surface area contributed by atoms with E-state index in [1.54, 1.807) is 0 Å². The first-order valence-electron chi connectivity index (χ1n) is 5.66. The number of hydrogen-bond donors (Lipinski definition) is 1. The first-order valence-corrected chi connectivity index (χ1v) is 5.66. The fourth-order valence-corrected chi connectivity index (χ4v) is 1.89. The Morgan fingerprint density at radius 2 is 1.94 bits per heavy atom. The molecule has 2 rings (SSSR count). The number of rotatable bonds is 1. The Morgan fingerprint density at radius 1 is 1.19 bits per heavy atom. The SMILES string of the molecule is Cc1nnc(N2CCNC(C)(C)C2)nc1C. The summed E-state index contributed by atoms with van der Waals surface area (Å²) in [5.41, 5.74) is 1.97. The molecule has 1 saturated heterocycles. The summed E-state index contributed by atoms with van der Waals surface area (Å²) in [6, 6.07) is 0. The minimum Gasteiger partial charge on any atom is -0.336 e. The van der Waals surface area contributed by atoms with Crippen molar-refractivity contribution in [3.63, 3.8) is 0 Å². The second-order valence-electron chi connectivity index (χ2n) is 5.01. The highest BCUT2D eigenvalue weighted by atomic mass is 15.3. The van der Waals surface area contributed by atoms with Gasteiger partial charge in [0.2, 0.25) is 5.95 Å². The second kappa shape index (κ2) is 3.97. The molecule has 5 nitrogen and oxygen atoms in total. The summed E-state index contributed by atoms with van der Waals surface area (Å²) in [6.45, 7) is 11.1. The highest BCUT2D eigenvalue weighted by molar-refractivity contribution is 5.32. The summed E-state index contributed by atoms with van der Waals surface area (Å²) >= 11 is 0. The molecule has 0 aliphatic carbocycles. The molecule has 1 aromatic rings. The Morgan fingerprint density at radius 3 is 2.56 bits per heavy atom. The van der Waals surface area contributed by atoms with Crippen LogP contribution < -0.4 is 10.2 Å². The van der Waals surface area contributed by atoms with Crippen molar-refractivity contribution >= 4 is 5.95 Å². The second-order valence-corrected chi connectivity index (χ2v) is 5.01. The van der Waals surface area contributed by atoms with Gasteiger partial charge in [-0.3, -0.25) is 0 Å². The predicted octanol–water partition coefficient (Wildman–Crippen LogP) is 0.677. The van der Waals surface area contributed by atoms with Gasteiger partial charge in [0.1, 0.15) is 0 Å². The van der Waals surface area contributed by atoms with E-state index in [0.29, 0.717) is 0 Å². The zero-order valence-electron chi connectivity index (χ0n) is 10.4. The molecule has 1 aromatic heterocycles. The minimum atomic E-state index is 0.112. The smallest absolute Gasteiger partial charge is 0.245 e. The number of anilines is 1. The van der Waals surface area contributed by atoms with Gasteiger partial charge in [-0.05, 0) is 27.7 Å². The lowest BCUT2D eigenvalue weighted by molar-refractivity contribution is 0.349. The van der Waals surface area contributed by atoms with E-state index in [1.165, 1.54) is 0 Å². The molecule has 1 N–H and O–H groups in total. The fourth-order valence-electron chi connectivity index (χ4n) is 1.89. The van der Waals surface area contributed by atoms with Gasteiger partial charge in [-0.1, -0.05) is 0 Å². The molecule has 1 fully saturated rings. The van der Waals surface area contributed by atoms with Crippen LogP contribution in [-0.2, 0) is 0 Å². The molecular formula is C11H19N5. The maximum atomic E-state index is 4.49. The summed E-state index contributed by atoms with van der Waals surface area (Å²) in [6.07, 6.45) is 0. The molecule has 5 heteroatoms. The summed E-state index contributed by atoms with van der Waals surface area (Å²) in [5.74, 6) is 0.748. The van der Waals surface area contributed by atoms with Crippen molar-refractivity contribution in [1.82, 2.24) is 20.5 Å². The van der Waals surface area contributed by atoms with Gasteiger partial charge in [-0.2, -0.15) is 5.10 Å². The third kappa shape index (κ3) is 2.29. The molecular weight excluding hydrogens is 202 g/mol. The summed E-state index contributed by atoms with van der Waals surface area (Å²) < 4.78 is 0. The van der Waals surface area contributed by atoms with E-state index in [9.17, 15) is 0 Å². The van der Waals surface area contributed by atoms with Crippen molar-refractivity contribution in [2.24, 2.45) is 0 Å². The first kappa shape index (κ1) is 11.3. The Labute approximate surface area is 96.3 Å². The summed E-state index contributed by atoms with van der Waals surface area (Å²) in [4.78, 5) is 6.68. The Hall–Kier alpha value is -1.23. The van der Waals surface area contributed by atoms with Gasteiger partial charge in [0.15, 0.2) is 0 Å². The van der Waals surface area contributed by atoms with E-state index >= 15 is 0 Å². The predicted molar refractivity (Wildman–Crippen MR) is 63.6 cm³/mol. The molecule has 1 aliphatic rings. The number of piperazine rings is 1. The van der Waals surface area contributed by atoms with E-state index in [-0.39, 0.29) is 5.54 Å². The Bertz CT molecular complexity index is 388. The standard InChI is InChI=1S/C11H19N5/c1-8-9(2)14-15-10(13-8)16-6-5-12-11(3,4)7-16/h12H,5-7H2,1-4H3. The van der Waals surface area contributed by atoms with Gasteiger partial charge in [0.05, 0.1) is 11.4 Å². The van der Waals surface area contributed by atoms with Crippen LogP contribution in [0.5, 0.6) is 0 Å². The normalized spacial score (nSPS) is 19.9.